The molecule has 2 atom stereocenters. The second-order valence-electron chi connectivity index (χ2n) is 6.33. The number of hydrogen-bond donors (Lipinski definition) is 1. The molecular weight excluding hydrogens is 238 g/mol. The van der Waals surface area contributed by atoms with Crippen LogP contribution in [-0.2, 0) is 9.47 Å². The molecule has 2 aliphatic rings. The van der Waals surface area contributed by atoms with Gasteiger partial charge in [-0.1, -0.05) is 19.8 Å². The fourth-order valence-electron chi connectivity index (χ4n) is 3.86. The Kier molecular flexibility index (Phi) is 6.11. The minimum absolute atomic E-state index is 0.238. The van der Waals surface area contributed by atoms with Crippen LogP contribution in [0.2, 0.25) is 0 Å². The van der Waals surface area contributed by atoms with Crippen LogP contribution in [-0.4, -0.2) is 38.5 Å². The summed E-state index contributed by atoms with van der Waals surface area (Å²) in [5.74, 6) is 0.772. The number of ether oxygens (including phenoxy) is 2. The fourth-order valence-corrected chi connectivity index (χ4v) is 3.86. The van der Waals surface area contributed by atoms with Crippen LogP contribution in [0.3, 0.4) is 0 Å². The zero-order chi connectivity index (χ0) is 13.6. The van der Waals surface area contributed by atoms with Crippen LogP contribution >= 0.6 is 0 Å². The van der Waals surface area contributed by atoms with Crippen molar-refractivity contribution in [1.29, 1.82) is 0 Å². The summed E-state index contributed by atoms with van der Waals surface area (Å²) in [6.45, 7) is 5.19. The third kappa shape index (κ3) is 4.17. The summed E-state index contributed by atoms with van der Waals surface area (Å²) in [6.07, 6.45) is 10.1. The van der Waals surface area contributed by atoms with Crippen LogP contribution in [0, 0.1) is 5.92 Å². The molecular formula is C16H31NO2. The molecule has 0 radical (unpaired) electrons. The molecule has 0 bridgehead atoms. The lowest BCUT2D eigenvalue weighted by molar-refractivity contribution is -0.0989. The zero-order valence-corrected chi connectivity index (χ0v) is 12.7. The number of nitrogens with one attached hydrogen (secondary N) is 1. The molecule has 1 aliphatic carbocycles. The monoisotopic (exact) mass is 269 g/mol. The van der Waals surface area contributed by atoms with E-state index in [0.717, 1.165) is 32.1 Å². The Labute approximate surface area is 118 Å². The Morgan fingerprint density at radius 2 is 2.16 bits per heavy atom. The second-order valence-corrected chi connectivity index (χ2v) is 6.33. The van der Waals surface area contributed by atoms with Gasteiger partial charge in [-0.25, -0.2) is 0 Å². The van der Waals surface area contributed by atoms with E-state index in [1.165, 1.54) is 44.9 Å². The van der Waals surface area contributed by atoms with Gasteiger partial charge >= 0.3 is 0 Å². The van der Waals surface area contributed by atoms with Gasteiger partial charge in [-0.05, 0) is 51.0 Å². The molecule has 1 N–H and O–H groups in total. The standard InChI is InChI=1S/C16H31NO2/c1-3-10-17-15(7-11-18-2)14-6-12-19-16(13-14)8-4-5-9-16/h14-15,17H,3-13H2,1-2H3. The molecule has 1 spiro atoms. The van der Waals surface area contributed by atoms with E-state index in [-0.39, 0.29) is 5.60 Å². The third-order valence-electron chi connectivity index (χ3n) is 4.90. The molecule has 3 nitrogen and oxygen atoms in total. The summed E-state index contributed by atoms with van der Waals surface area (Å²) in [6, 6.07) is 0.612. The average molecular weight is 269 g/mol. The second kappa shape index (κ2) is 7.61. The van der Waals surface area contributed by atoms with Crippen molar-refractivity contribution in [2.45, 2.75) is 69.9 Å². The summed E-state index contributed by atoms with van der Waals surface area (Å²) in [5.41, 5.74) is 0.238. The molecule has 2 rings (SSSR count). The smallest absolute Gasteiger partial charge is 0.0685 e. The quantitative estimate of drug-likeness (QED) is 0.770. The Hall–Kier alpha value is -0.120. The molecule has 0 aromatic heterocycles. The van der Waals surface area contributed by atoms with E-state index in [9.17, 15) is 0 Å². The SMILES string of the molecule is CCCNC(CCOC)C1CCOC2(CCCC2)C1. The first-order valence-corrected chi connectivity index (χ1v) is 8.16. The first-order chi connectivity index (χ1) is 9.29. The van der Waals surface area contributed by atoms with Gasteiger partial charge in [0.25, 0.3) is 0 Å². The predicted molar refractivity (Wildman–Crippen MR) is 78.4 cm³/mol. The minimum Gasteiger partial charge on any atom is -0.385 e. The van der Waals surface area contributed by atoms with Crippen LogP contribution in [0.1, 0.15) is 58.3 Å². The Bertz CT molecular complexity index is 243. The van der Waals surface area contributed by atoms with E-state index in [4.69, 9.17) is 9.47 Å². The van der Waals surface area contributed by atoms with Crippen LogP contribution in [0.4, 0.5) is 0 Å². The lowest BCUT2D eigenvalue weighted by atomic mass is 9.79. The third-order valence-corrected chi connectivity index (χ3v) is 4.90. The van der Waals surface area contributed by atoms with Crippen molar-refractivity contribution >= 4 is 0 Å². The number of hydrogen-bond acceptors (Lipinski definition) is 3. The van der Waals surface area contributed by atoms with Crippen LogP contribution < -0.4 is 5.32 Å². The van der Waals surface area contributed by atoms with Crippen LogP contribution in [0.25, 0.3) is 0 Å². The first-order valence-electron chi connectivity index (χ1n) is 8.16. The molecule has 0 amide bonds. The van der Waals surface area contributed by atoms with Gasteiger partial charge in [-0.3, -0.25) is 0 Å². The first kappa shape index (κ1) is 15.3. The van der Waals surface area contributed by atoms with Gasteiger partial charge in [0.2, 0.25) is 0 Å². The zero-order valence-electron chi connectivity index (χ0n) is 12.7. The summed E-state index contributed by atoms with van der Waals surface area (Å²) in [5, 5.41) is 3.74. The highest BCUT2D eigenvalue weighted by Crippen LogP contribution is 2.43. The maximum Gasteiger partial charge on any atom is 0.0685 e. The van der Waals surface area contributed by atoms with Crippen molar-refractivity contribution in [1.82, 2.24) is 5.32 Å². The summed E-state index contributed by atoms with van der Waals surface area (Å²) >= 11 is 0. The molecule has 1 heterocycles. The molecule has 1 aliphatic heterocycles. The topological polar surface area (TPSA) is 30.5 Å². The molecule has 0 aromatic carbocycles. The fraction of sp³-hybridized carbons (Fsp3) is 1.00. The van der Waals surface area contributed by atoms with Crippen molar-refractivity contribution in [2.24, 2.45) is 5.92 Å². The van der Waals surface area contributed by atoms with Gasteiger partial charge < -0.3 is 14.8 Å². The normalized spacial score (nSPS) is 27.8. The van der Waals surface area contributed by atoms with Crippen LogP contribution in [0.15, 0.2) is 0 Å². The van der Waals surface area contributed by atoms with E-state index in [2.05, 4.69) is 12.2 Å². The Morgan fingerprint density at radius 3 is 2.84 bits per heavy atom. The summed E-state index contributed by atoms with van der Waals surface area (Å²) in [4.78, 5) is 0. The van der Waals surface area contributed by atoms with Gasteiger partial charge in [-0.2, -0.15) is 0 Å². The maximum atomic E-state index is 6.16. The summed E-state index contributed by atoms with van der Waals surface area (Å²) < 4.78 is 11.4. The van der Waals surface area contributed by atoms with Crippen molar-refractivity contribution in [3.8, 4) is 0 Å². The van der Waals surface area contributed by atoms with Gasteiger partial charge in [0.15, 0.2) is 0 Å². The lowest BCUT2D eigenvalue weighted by Gasteiger charge is -2.41. The van der Waals surface area contributed by atoms with Gasteiger partial charge in [-0.15, -0.1) is 0 Å². The molecule has 2 fully saturated rings. The van der Waals surface area contributed by atoms with Crippen molar-refractivity contribution < 1.29 is 9.47 Å². The van der Waals surface area contributed by atoms with Crippen molar-refractivity contribution in [3.05, 3.63) is 0 Å². The molecule has 19 heavy (non-hydrogen) atoms. The average Bonchev–Trinajstić information content (AvgIpc) is 2.87. The highest BCUT2D eigenvalue weighted by atomic mass is 16.5. The Balaban J connectivity index is 1.90. The number of methoxy groups -OCH3 is 1. The molecule has 3 heteroatoms. The minimum atomic E-state index is 0.238. The Morgan fingerprint density at radius 1 is 1.37 bits per heavy atom. The molecule has 1 saturated heterocycles. The molecule has 2 unspecified atom stereocenters. The summed E-state index contributed by atoms with van der Waals surface area (Å²) in [7, 11) is 1.80. The maximum absolute atomic E-state index is 6.16. The number of rotatable bonds is 7. The van der Waals surface area contributed by atoms with E-state index >= 15 is 0 Å². The van der Waals surface area contributed by atoms with Gasteiger partial charge in [0.05, 0.1) is 5.60 Å². The van der Waals surface area contributed by atoms with E-state index < -0.39 is 0 Å². The van der Waals surface area contributed by atoms with Gasteiger partial charge in [0.1, 0.15) is 0 Å². The van der Waals surface area contributed by atoms with Crippen LogP contribution in [0.5, 0.6) is 0 Å². The van der Waals surface area contributed by atoms with Crippen molar-refractivity contribution in [2.75, 3.05) is 26.9 Å². The van der Waals surface area contributed by atoms with Crippen molar-refractivity contribution in [3.63, 3.8) is 0 Å². The lowest BCUT2D eigenvalue weighted by Crippen LogP contribution is -2.46. The van der Waals surface area contributed by atoms with E-state index in [0.29, 0.717) is 6.04 Å². The highest BCUT2D eigenvalue weighted by molar-refractivity contribution is 4.94. The predicted octanol–water partition coefficient (Wildman–Crippen LogP) is 3.13. The molecule has 112 valence electrons. The van der Waals surface area contributed by atoms with Gasteiger partial charge in [0, 0.05) is 26.4 Å². The highest BCUT2D eigenvalue weighted by Gasteiger charge is 2.41. The van der Waals surface area contributed by atoms with E-state index in [1.807, 2.05) is 0 Å². The van der Waals surface area contributed by atoms with E-state index in [1.54, 1.807) is 7.11 Å². The molecule has 1 saturated carbocycles. The largest absolute Gasteiger partial charge is 0.385 e. The molecule has 0 aromatic rings.